The van der Waals surface area contributed by atoms with E-state index >= 15 is 0 Å². The van der Waals surface area contributed by atoms with Gasteiger partial charge in [-0.15, -0.1) is 11.3 Å². The molecule has 2 aromatic heterocycles. The second kappa shape index (κ2) is 9.90. The van der Waals surface area contributed by atoms with Crippen molar-refractivity contribution >= 4 is 50.7 Å². The van der Waals surface area contributed by atoms with Gasteiger partial charge in [-0.1, -0.05) is 24.3 Å². The summed E-state index contributed by atoms with van der Waals surface area (Å²) in [5, 5.41) is 5.82. The van der Waals surface area contributed by atoms with E-state index in [-0.39, 0.29) is 11.5 Å². The standard InChI is InChI=1S/C25H22N4O5S/c1-14-19-23(35-20(14)22(31)27-17-9-5-4-6-10-17)26-13-29(24(19)32)15(2)21(30)28-18-11-7-8-16(12-18)25(33)34-3/h4-13,15H,1-3H3,(H,27,31)(H,28,30). The fourth-order valence-corrected chi connectivity index (χ4v) is 4.59. The number of carbonyl (C=O) groups excluding carboxylic acids is 3. The lowest BCUT2D eigenvalue weighted by atomic mass is 10.2. The molecule has 2 heterocycles. The van der Waals surface area contributed by atoms with Gasteiger partial charge in [-0.05, 0) is 49.7 Å². The van der Waals surface area contributed by atoms with Crippen LogP contribution in [0.15, 0.2) is 65.7 Å². The third-order valence-corrected chi connectivity index (χ3v) is 6.66. The van der Waals surface area contributed by atoms with Crippen molar-refractivity contribution in [3.63, 3.8) is 0 Å². The predicted octanol–water partition coefficient (Wildman–Crippen LogP) is 4.01. The number of methoxy groups -OCH3 is 1. The minimum Gasteiger partial charge on any atom is -0.465 e. The molecule has 0 fully saturated rings. The molecular formula is C25H22N4O5S. The number of amides is 2. The van der Waals surface area contributed by atoms with E-state index in [1.807, 2.05) is 18.2 Å². The number of aryl methyl sites for hydroxylation is 1. The molecule has 9 nitrogen and oxygen atoms in total. The molecule has 4 aromatic rings. The van der Waals surface area contributed by atoms with E-state index in [2.05, 4.69) is 15.6 Å². The van der Waals surface area contributed by atoms with E-state index < -0.39 is 23.5 Å². The first kappa shape index (κ1) is 23.8. The van der Waals surface area contributed by atoms with Crippen LogP contribution in [0.4, 0.5) is 11.4 Å². The average molecular weight is 491 g/mol. The second-order valence-corrected chi connectivity index (χ2v) is 8.75. The van der Waals surface area contributed by atoms with E-state index in [0.29, 0.717) is 32.0 Å². The van der Waals surface area contributed by atoms with Crippen molar-refractivity contribution in [1.82, 2.24) is 9.55 Å². The highest BCUT2D eigenvalue weighted by Gasteiger charge is 2.23. The van der Waals surface area contributed by atoms with Gasteiger partial charge < -0.3 is 15.4 Å². The first-order chi connectivity index (χ1) is 16.8. The summed E-state index contributed by atoms with van der Waals surface area (Å²) < 4.78 is 5.92. The Kier molecular flexibility index (Phi) is 6.74. The molecule has 0 aliphatic rings. The van der Waals surface area contributed by atoms with Crippen LogP contribution in [0, 0.1) is 6.92 Å². The Morgan fingerprint density at radius 3 is 2.46 bits per heavy atom. The number of hydrogen-bond acceptors (Lipinski definition) is 7. The molecule has 0 radical (unpaired) electrons. The van der Waals surface area contributed by atoms with Crippen LogP contribution in [0.5, 0.6) is 0 Å². The van der Waals surface area contributed by atoms with Crippen LogP contribution in [0.25, 0.3) is 10.2 Å². The highest BCUT2D eigenvalue weighted by atomic mass is 32.1. The van der Waals surface area contributed by atoms with E-state index in [1.165, 1.54) is 24.1 Å². The van der Waals surface area contributed by atoms with Crippen molar-refractivity contribution in [3.8, 4) is 0 Å². The third-order valence-electron chi connectivity index (χ3n) is 5.46. The van der Waals surface area contributed by atoms with E-state index in [9.17, 15) is 19.2 Å². The Balaban J connectivity index is 1.60. The number of esters is 1. The maximum atomic E-state index is 13.3. The summed E-state index contributed by atoms with van der Waals surface area (Å²) in [6.07, 6.45) is 1.30. The topological polar surface area (TPSA) is 119 Å². The molecule has 2 N–H and O–H groups in total. The van der Waals surface area contributed by atoms with Crippen molar-refractivity contribution in [2.45, 2.75) is 19.9 Å². The maximum Gasteiger partial charge on any atom is 0.337 e. The Morgan fingerprint density at radius 1 is 1.03 bits per heavy atom. The fraction of sp³-hybridized carbons (Fsp3) is 0.160. The lowest BCUT2D eigenvalue weighted by Crippen LogP contribution is -2.31. The molecule has 1 unspecified atom stereocenters. The van der Waals surface area contributed by atoms with E-state index in [4.69, 9.17) is 4.74 Å². The quantitative estimate of drug-likeness (QED) is 0.394. The zero-order valence-electron chi connectivity index (χ0n) is 19.2. The largest absolute Gasteiger partial charge is 0.465 e. The van der Waals surface area contributed by atoms with Crippen LogP contribution in [0.1, 0.15) is 38.6 Å². The summed E-state index contributed by atoms with van der Waals surface area (Å²) in [6.45, 7) is 3.26. The highest BCUT2D eigenvalue weighted by Crippen LogP contribution is 2.28. The molecule has 2 aromatic carbocycles. The van der Waals surface area contributed by atoms with Crippen molar-refractivity contribution in [2.75, 3.05) is 17.7 Å². The number of hydrogen-bond donors (Lipinski definition) is 2. The number of para-hydroxylation sites is 1. The maximum absolute atomic E-state index is 13.3. The number of aromatic nitrogens is 2. The molecule has 0 aliphatic carbocycles. The average Bonchev–Trinajstić information content (AvgIpc) is 3.21. The number of thiophene rings is 1. The Bertz CT molecular complexity index is 1490. The predicted molar refractivity (Wildman–Crippen MR) is 134 cm³/mol. The lowest BCUT2D eigenvalue weighted by Gasteiger charge is -2.15. The summed E-state index contributed by atoms with van der Waals surface area (Å²) in [4.78, 5) is 55.8. The normalized spacial score (nSPS) is 11.6. The van der Waals surface area contributed by atoms with Gasteiger partial charge in [0.15, 0.2) is 0 Å². The Hall–Kier alpha value is -4.31. The number of fused-ring (bicyclic) bond motifs is 1. The molecule has 0 saturated carbocycles. The van der Waals surface area contributed by atoms with Crippen LogP contribution >= 0.6 is 11.3 Å². The monoisotopic (exact) mass is 490 g/mol. The van der Waals surface area contributed by atoms with E-state index in [0.717, 1.165) is 11.3 Å². The van der Waals surface area contributed by atoms with Crippen LogP contribution in [0.3, 0.4) is 0 Å². The minimum atomic E-state index is -0.901. The number of carbonyl (C=O) groups is 3. The van der Waals surface area contributed by atoms with Gasteiger partial charge in [0.2, 0.25) is 5.91 Å². The molecule has 1 atom stereocenters. The van der Waals surface area contributed by atoms with Crippen LogP contribution in [-0.2, 0) is 9.53 Å². The molecule has 178 valence electrons. The SMILES string of the molecule is COC(=O)c1cccc(NC(=O)C(C)n2cnc3sc(C(=O)Nc4ccccc4)c(C)c3c2=O)c1. The summed E-state index contributed by atoms with van der Waals surface area (Å²) in [5.74, 6) is -1.33. The highest BCUT2D eigenvalue weighted by molar-refractivity contribution is 7.20. The zero-order valence-corrected chi connectivity index (χ0v) is 20.0. The molecule has 0 spiro atoms. The number of benzene rings is 2. The number of rotatable bonds is 6. The van der Waals surface area contributed by atoms with Crippen molar-refractivity contribution in [2.24, 2.45) is 0 Å². The van der Waals surface area contributed by atoms with Crippen LogP contribution in [0.2, 0.25) is 0 Å². The van der Waals surface area contributed by atoms with Gasteiger partial charge in [-0.25, -0.2) is 9.78 Å². The number of nitrogens with one attached hydrogen (secondary N) is 2. The summed E-state index contributed by atoms with van der Waals surface area (Å²) in [6, 6.07) is 14.4. The van der Waals surface area contributed by atoms with Gasteiger partial charge >= 0.3 is 5.97 Å². The molecule has 2 amide bonds. The molecule has 4 rings (SSSR count). The molecule has 35 heavy (non-hydrogen) atoms. The lowest BCUT2D eigenvalue weighted by molar-refractivity contribution is -0.118. The Morgan fingerprint density at radius 2 is 1.74 bits per heavy atom. The van der Waals surface area contributed by atoms with E-state index in [1.54, 1.807) is 44.2 Å². The molecule has 0 bridgehead atoms. The summed E-state index contributed by atoms with van der Waals surface area (Å²) in [7, 11) is 1.27. The van der Waals surface area contributed by atoms with Crippen LogP contribution < -0.4 is 16.2 Å². The molecule has 0 aliphatic heterocycles. The van der Waals surface area contributed by atoms with Gasteiger partial charge in [0.25, 0.3) is 11.5 Å². The minimum absolute atomic E-state index is 0.286. The van der Waals surface area contributed by atoms with Crippen molar-refractivity contribution < 1.29 is 19.1 Å². The zero-order chi connectivity index (χ0) is 25.1. The summed E-state index contributed by atoms with van der Waals surface area (Å²) >= 11 is 1.12. The molecule has 0 saturated heterocycles. The van der Waals surface area contributed by atoms with Gasteiger partial charge in [0.1, 0.15) is 10.9 Å². The number of nitrogens with zero attached hydrogens (tertiary/aromatic N) is 2. The smallest absolute Gasteiger partial charge is 0.337 e. The Labute approximate surface area is 204 Å². The van der Waals surface area contributed by atoms with Gasteiger partial charge in [-0.2, -0.15) is 0 Å². The second-order valence-electron chi connectivity index (χ2n) is 7.75. The van der Waals surface area contributed by atoms with Crippen LogP contribution in [-0.4, -0.2) is 34.4 Å². The third kappa shape index (κ3) is 4.82. The fourth-order valence-electron chi connectivity index (χ4n) is 3.55. The van der Waals surface area contributed by atoms with Crippen molar-refractivity contribution in [3.05, 3.63) is 87.3 Å². The first-order valence-electron chi connectivity index (χ1n) is 10.7. The van der Waals surface area contributed by atoms with Gasteiger partial charge in [0.05, 0.1) is 29.3 Å². The number of ether oxygens (including phenoxy) is 1. The molecule has 10 heteroatoms. The van der Waals surface area contributed by atoms with Gasteiger partial charge in [0, 0.05) is 11.4 Å². The summed E-state index contributed by atoms with van der Waals surface area (Å²) in [5.41, 5.74) is 1.39. The van der Waals surface area contributed by atoms with Crippen molar-refractivity contribution in [1.29, 1.82) is 0 Å². The van der Waals surface area contributed by atoms with Gasteiger partial charge in [-0.3, -0.25) is 19.0 Å². The number of anilines is 2. The molecular weight excluding hydrogens is 468 g/mol. The first-order valence-corrected chi connectivity index (χ1v) is 11.5.